The molecule has 0 saturated heterocycles. The maximum Gasteiger partial charge on any atom is 0.282 e. The van der Waals surface area contributed by atoms with Crippen LogP contribution in [0.3, 0.4) is 0 Å². The number of halogens is 3. The second-order valence-electron chi connectivity index (χ2n) is 8.67. The molecule has 0 saturated carbocycles. The summed E-state index contributed by atoms with van der Waals surface area (Å²) in [6.07, 6.45) is 7.59. The molecule has 36 heavy (non-hydrogen) atoms. The average Bonchev–Trinajstić information content (AvgIpc) is 3.11. The van der Waals surface area contributed by atoms with Gasteiger partial charge in [-0.15, -0.1) is 0 Å². The van der Waals surface area contributed by atoms with Crippen LogP contribution < -0.4 is 32.6 Å². The summed E-state index contributed by atoms with van der Waals surface area (Å²) < 4.78 is 4.44. The molecule has 8 heteroatoms. The molecule has 0 atom stereocenters. The normalized spacial score (nSPS) is 11.3. The highest BCUT2D eigenvalue weighted by atomic mass is 79.9. The van der Waals surface area contributed by atoms with E-state index in [2.05, 4.69) is 69.1 Å². The van der Waals surface area contributed by atoms with Crippen LogP contribution in [-0.4, -0.2) is 23.6 Å². The third-order valence-electron chi connectivity index (χ3n) is 6.28. The minimum atomic E-state index is 0. The Morgan fingerprint density at radius 2 is 1.78 bits per heavy atom. The van der Waals surface area contributed by atoms with Gasteiger partial charge in [-0.05, 0) is 41.7 Å². The lowest BCUT2D eigenvalue weighted by molar-refractivity contribution is -0.647. The molecule has 0 bridgehead atoms. The van der Waals surface area contributed by atoms with E-state index in [0.29, 0.717) is 29.6 Å². The molecule has 0 aliphatic heterocycles. The summed E-state index contributed by atoms with van der Waals surface area (Å²) in [6, 6.07) is 18.6. The molecule has 3 aromatic carbocycles. The highest BCUT2D eigenvalue weighted by Crippen LogP contribution is 2.29. The van der Waals surface area contributed by atoms with Gasteiger partial charge < -0.3 is 28.0 Å². The van der Waals surface area contributed by atoms with E-state index in [0.717, 1.165) is 42.7 Å². The number of nitrogens with one attached hydrogen (secondary N) is 1. The smallest absolute Gasteiger partial charge is 0.282 e. The van der Waals surface area contributed by atoms with Crippen molar-refractivity contribution in [2.45, 2.75) is 32.2 Å². The first-order chi connectivity index (χ1) is 17.0. The maximum absolute atomic E-state index is 11.8. The summed E-state index contributed by atoms with van der Waals surface area (Å²) in [7, 11) is 2.05. The molecular weight excluding hydrogens is 559 g/mol. The van der Waals surface area contributed by atoms with Gasteiger partial charge in [-0.1, -0.05) is 65.7 Å². The summed E-state index contributed by atoms with van der Waals surface area (Å²) >= 11 is 12.7. The Bertz CT molecular complexity index is 1380. The number of nitrogens with zero attached hydrogens (tertiary/aromatic N) is 2. The predicted octanol–water partition coefficient (Wildman–Crippen LogP) is 2.74. The standard InChI is InChI=1S/C28H30Cl2N4O.BrH/c1-33-25-18-23(29)24(30)19-26(25)34(17-6-2-3-12-27(35)32-16-15-31)28(33)14-13-21-10-7-9-20-8-4-5-11-22(20)21;/h4-5,7-11,13-14,18-19H,2-3,6,12,15-17,31H2,1H3;1H/b14-13+;. The van der Waals surface area contributed by atoms with E-state index in [1.54, 1.807) is 0 Å². The Labute approximate surface area is 232 Å². The lowest BCUT2D eigenvalue weighted by Crippen LogP contribution is -3.00. The molecule has 4 aromatic rings. The first-order valence-corrected chi connectivity index (χ1v) is 12.7. The van der Waals surface area contributed by atoms with Gasteiger partial charge in [0.2, 0.25) is 5.91 Å². The first kappa shape index (κ1) is 28.2. The summed E-state index contributed by atoms with van der Waals surface area (Å²) in [5.74, 6) is 1.13. The molecule has 190 valence electrons. The average molecular weight is 590 g/mol. The number of nitrogens with two attached hydrogens (primary N) is 1. The molecule has 0 unspecified atom stereocenters. The number of hydrogen-bond acceptors (Lipinski definition) is 2. The number of fused-ring (bicyclic) bond motifs is 2. The Kier molecular flexibility index (Phi) is 10.4. The van der Waals surface area contributed by atoms with Crippen LogP contribution in [0.25, 0.3) is 34.0 Å². The van der Waals surface area contributed by atoms with Crippen LogP contribution in [0.5, 0.6) is 0 Å². The molecule has 1 heterocycles. The van der Waals surface area contributed by atoms with Crippen LogP contribution in [0.4, 0.5) is 0 Å². The van der Waals surface area contributed by atoms with Gasteiger partial charge in [-0.2, -0.15) is 0 Å². The quantitative estimate of drug-likeness (QED) is 0.221. The van der Waals surface area contributed by atoms with Crippen molar-refractivity contribution in [2.75, 3.05) is 13.1 Å². The van der Waals surface area contributed by atoms with Crippen LogP contribution in [0.2, 0.25) is 10.0 Å². The van der Waals surface area contributed by atoms with E-state index < -0.39 is 0 Å². The zero-order valence-electron chi connectivity index (χ0n) is 20.3. The Morgan fingerprint density at radius 1 is 1.03 bits per heavy atom. The van der Waals surface area contributed by atoms with Crippen molar-refractivity contribution >= 4 is 63.1 Å². The third kappa shape index (κ3) is 6.48. The van der Waals surface area contributed by atoms with Gasteiger partial charge in [0, 0.05) is 37.7 Å². The lowest BCUT2D eigenvalue weighted by Gasteiger charge is -2.04. The van der Waals surface area contributed by atoms with Crippen molar-refractivity contribution in [3.8, 4) is 0 Å². The lowest BCUT2D eigenvalue weighted by atomic mass is 10.0. The summed E-state index contributed by atoms with van der Waals surface area (Å²) in [5.41, 5.74) is 8.68. The number of carbonyl (C=O) groups is 1. The largest absolute Gasteiger partial charge is 1.00 e. The van der Waals surface area contributed by atoms with Gasteiger partial charge in [0.25, 0.3) is 5.82 Å². The number of unbranched alkanes of at least 4 members (excludes halogenated alkanes) is 2. The van der Waals surface area contributed by atoms with Gasteiger partial charge >= 0.3 is 0 Å². The number of hydrogen-bond donors (Lipinski definition) is 2. The highest BCUT2D eigenvalue weighted by molar-refractivity contribution is 6.42. The molecule has 0 aliphatic rings. The summed E-state index contributed by atoms with van der Waals surface area (Å²) in [5, 5.41) is 6.34. The molecule has 4 rings (SSSR count). The Balaban J connectivity index is 0.00000361. The van der Waals surface area contributed by atoms with Crippen LogP contribution in [-0.2, 0) is 18.4 Å². The van der Waals surface area contributed by atoms with Crippen molar-refractivity contribution in [1.82, 2.24) is 9.88 Å². The number of aryl methyl sites for hydroxylation is 2. The summed E-state index contributed by atoms with van der Waals surface area (Å²) in [6.45, 7) is 1.81. The van der Waals surface area contributed by atoms with Crippen molar-refractivity contribution in [1.29, 1.82) is 0 Å². The summed E-state index contributed by atoms with van der Waals surface area (Å²) in [4.78, 5) is 11.8. The number of amides is 1. The van der Waals surface area contributed by atoms with Gasteiger partial charge in [-0.25, -0.2) is 9.13 Å². The SMILES string of the molecule is C[n+]1c(/C=C/c2cccc3ccccc23)n(CCCCCC(=O)NCCN)c2cc(Cl)c(Cl)cc21.[Br-]. The van der Waals surface area contributed by atoms with Crippen molar-refractivity contribution in [3.05, 3.63) is 76.0 Å². The third-order valence-corrected chi connectivity index (χ3v) is 7.00. The fourth-order valence-corrected chi connectivity index (χ4v) is 4.78. The molecule has 1 amide bonds. The maximum atomic E-state index is 11.8. The van der Waals surface area contributed by atoms with E-state index in [4.69, 9.17) is 28.9 Å². The van der Waals surface area contributed by atoms with Crippen molar-refractivity contribution in [3.63, 3.8) is 0 Å². The number of carbonyl (C=O) groups excluding carboxylic acids is 1. The molecular formula is C28H31BrCl2N4O. The number of imidazole rings is 1. The van der Waals surface area contributed by atoms with E-state index in [-0.39, 0.29) is 22.9 Å². The van der Waals surface area contributed by atoms with Gasteiger partial charge in [-0.3, -0.25) is 4.79 Å². The van der Waals surface area contributed by atoms with E-state index in [1.165, 1.54) is 16.3 Å². The van der Waals surface area contributed by atoms with E-state index in [9.17, 15) is 4.79 Å². The number of aromatic nitrogens is 2. The second-order valence-corrected chi connectivity index (χ2v) is 9.49. The van der Waals surface area contributed by atoms with Gasteiger partial charge in [0.1, 0.15) is 0 Å². The minimum absolute atomic E-state index is 0. The van der Waals surface area contributed by atoms with Crippen LogP contribution in [0.1, 0.15) is 37.1 Å². The highest BCUT2D eigenvalue weighted by Gasteiger charge is 2.22. The Hall–Kier alpha value is -2.38. The molecule has 1 aromatic heterocycles. The van der Waals surface area contributed by atoms with Gasteiger partial charge in [0.15, 0.2) is 11.0 Å². The molecule has 0 radical (unpaired) electrons. The topological polar surface area (TPSA) is 63.9 Å². The fraction of sp³-hybridized carbons (Fsp3) is 0.286. The fourth-order valence-electron chi connectivity index (χ4n) is 4.47. The van der Waals surface area contributed by atoms with Crippen LogP contribution in [0, 0.1) is 0 Å². The molecule has 0 aliphatic carbocycles. The second kappa shape index (κ2) is 13.2. The number of benzene rings is 3. The zero-order chi connectivity index (χ0) is 24.8. The van der Waals surface area contributed by atoms with Crippen LogP contribution in [0.15, 0.2) is 54.6 Å². The zero-order valence-corrected chi connectivity index (χ0v) is 23.4. The van der Waals surface area contributed by atoms with Gasteiger partial charge in [0.05, 0.1) is 23.6 Å². The van der Waals surface area contributed by atoms with Crippen molar-refractivity contribution < 1.29 is 26.3 Å². The number of rotatable bonds is 10. The molecule has 0 fully saturated rings. The van der Waals surface area contributed by atoms with E-state index in [1.807, 2.05) is 19.2 Å². The monoisotopic (exact) mass is 588 g/mol. The van der Waals surface area contributed by atoms with Crippen LogP contribution >= 0.6 is 23.2 Å². The van der Waals surface area contributed by atoms with E-state index >= 15 is 0 Å². The van der Waals surface area contributed by atoms with Crippen molar-refractivity contribution in [2.24, 2.45) is 12.8 Å². The molecule has 5 nitrogen and oxygen atoms in total. The molecule has 0 spiro atoms. The predicted molar refractivity (Wildman–Crippen MR) is 147 cm³/mol. The Morgan fingerprint density at radius 3 is 2.58 bits per heavy atom. The molecule has 3 N–H and O–H groups in total. The first-order valence-electron chi connectivity index (χ1n) is 12.0. The minimum Gasteiger partial charge on any atom is -1.00 e.